The summed E-state index contributed by atoms with van der Waals surface area (Å²) in [7, 11) is 0. The molecular formula is C22H17F3N2O. The highest BCUT2D eigenvalue weighted by molar-refractivity contribution is 6.17. The normalized spacial score (nSPS) is 12.0. The second-order valence-electron chi connectivity index (χ2n) is 6.87. The summed E-state index contributed by atoms with van der Waals surface area (Å²) in [5.41, 5.74) is 8.42. The molecule has 3 nitrogen and oxygen atoms in total. The van der Waals surface area contributed by atoms with Gasteiger partial charge in [-0.1, -0.05) is 30.3 Å². The van der Waals surface area contributed by atoms with Gasteiger partial charge in [0.25, 0.3) is 0 Å². The van der Waals surface area contributed by atoms with Crippen LogP contribution in [-0.4, -0.2) is 10.5 Å². The van der Waals surface area contributed by atoms with E-state index in [9.17, 15) is 18.0 Å². The lowest BCUT2D eigenvalue weighted by Gasteiger charge is -2.11. The number of benzene rings is 3. The van der Waals surface area contributed by atoms with Gasteiger partial charge in [-0.2, -0.15) is 13.2 Å². The number of hydrogen-bond acceptors (Lipinski definition) is 1. The van der Waals surface area contributed by atoms with Gasteiger partial charge < -0.3 is 10.3 Å². The summed E-state index contributed by atoms with van der Waals surface area (Å²) in [6.07, 6.45) is -4.40. The second kappa shape index (κ2) is 6.41. The molecule has 6 heteroatoms. The Bertz CT molecular complexity index is 1220. The molecule has 1 heterocycles. The molecule has 0 aliphatic carbocycles. The Labute approximate surface area is 159 Å². The summed E-state index contributed by atoms with van der Waals surface area (Å²) in [5.74, 6) is -0.538. The van der Waals surface area contributed by atoms with Gasteiger partial charge in [-0.3, -0.25) is 4.79 Å². The number of carbonyl (C=O) groups is 1. The first-order valence-corrected chi connectivity index (χ1v) is 8.73. The van der Waals surface area contributed by atoms with Crippen molar-refractivity contribution in [3.8, 4) is 0 Å². The van der Waals surface area contributed by atoms with Crippen LogP contribution in [0.15, 0.2) is 60.7 Å². The molecule has 0 unspecified atom stereocenters. The largest absolute Gasteiger partial charge is 0.416 e. The van der Waals surface area contributed by atoms with Gasteiger partial charge in [0, 0.05) is 28.4 Å². The number of fused-ring (bicyclic) bond motifs is 3. The number of halogens is 3. The Morgan fingerprint density at radius 2 is 1.75 bits per heavy atom. The van der Waals surface area contributed by atoms with Crippen LogP contribution in [0.3, 0.4) is 0 Å². The molecule has 0 spiro atoms. The molecule has 0 radical (unpaired) electrons. The van der Waals surface area contributed by atoms with Crippen LogP contribution >= 0.6 is 0 Å². The SMILES string of the molecule is Cc1ccc2c3c(C(N)=O)cccc3n(Cc3cccc(C(F)(F)F)c3)c2c1. The molecule has 4 aromatic rings. The Morgan fingerprint density at radius 3 is 2.46 bits per heavy atom. The lowest BCUT2D eigenvalue weighted by molar-refractivity contribution is -0.137. The average Bonchev–Trinajstić information content (AvgIpc) is 2.94. The van der Waals surface area contributed by atoms with Crippen molar-refractivity contribution in [3.63, 3.8) is 0 Å². The number of hydrogen-bond donors (Lipinski definition) is 1. The zero-order valence-corrected chi connectivity index (χ0v) is 15.0. The topological polar surface area (TPSA) is 48.0 Å². The predicted octanol–water partition coefficient (Wildman–Crippen LogP) is 5.27. The van der Waals surface area contributed by atoms with Crippen LogP contribution in [0.25, 0.3) is 21.8 Å². The van der Waals surface area contributed by atoms with Crippen molar-refractivity contribution in [1.82, 2.24) is 4.57 Å². The third-order valence-corrected chi connectivity index (χ3v) is 4.91. The van der Waals surface area contributed by atoms with Crippen molar-refractivity contribution < 1.29 is 18.0 Å². The predicted molar refractivity (Wildman–Crippen MR) is 103 cm³/mol. The number of primary amides is 1. The van der Waals surface area contributed by atoms with E-state index in [0.29, 0.717) is 11.1 Å². The molecule has 3 aromatic carbocycles. The van der Waals surface area contributed by atoms with Gasteiger partial charge in [0.15, 0.2) is 0 Å². The highest BCUT2D eigenvalue weighted by atomic mass is 19.4. The Morgan fingerprint density at radius 1 is 1.00 bits per heavy atom. The highest BCUT2D eigenvalue weighted by Gasteiger charge is 2.30. The molecule has 0 aliphatic heterocycles. The van der Waals surface area contributed by atoms with Crippen molar-refractivity contribution in [1.29, 1.82) is 0 Å². The Balaban J connectivity index is 1.97. The van der Waals surface area contributed by atoms with Crippen molar-refractivity contribution in [2.24, 2.45) is 5.73 Å². The first kappa shape index (κ1) is 18.1. The zero-order valence-electron chi connectivity index (χ0n) is 15.0. The fourth-order valence-electron chi connectivity index (χ4n) is 3.66. The average molecular weight is 382 g/mol. The number of nitrogens with two attached hydrogens (primary N) is 1. The minimum atomic E-state index is -4.40. The summed E-state index contributed by atoms with van der Waals surface area (Å²) in [4.78, 5) is 11.9. The molecule has 0 saturated carbocycles. The minimum Gasteiger partial charge on any atom is -0.366 e. The molecule has 0 atom stereocenters. The highest BCUT2D eigenvalue weighted by Crippen LogP contribution is 2.34. The summed E-state index contributed by atoms with van der Waals surface area (Å²) < 4.78 is 41.2. The lowest BCUT2D eigenvalue weighted by atomic mass is 10.1. The molecule has 28 heavy (non-hydrogen) atoms. The molecule has 1 aromatic heterocycles. The van der Waals surface area contributed by atoms with Crippen molar-refractivity contribution >= 4 is 27.7 Å². The standard InChI is InChI=1S/C22H17F3N2O/c1-13-8-9-16-19(10-13)27(18-7-3-6-17(20(16)18)21(26)28)12-14-4-2-5-15(11-14)22(23,24)25/h2-11H,12H2,1H3,(H2,26,28). The molecule has 2 N–H and O–H groups in total. The number of carbonyl (C=O) groups excluding carboxylic acids is 1. The molecule has 4 rings (SSSR count). The number of alkyl halides is 3. The molecule has 0 fully saturated rings. The zero-order chi connectivity index (χ0) is 20.1. The van der Waals surface area contributed by atoms with E-state index in [1.807, 2.05) is 35.8 Å². The summed E-state index contributed by atoms with van der Waals surface area (Å²) in [5, 5.41) is 1.57. The van der Waals surface area contributed by atoms with Crippen LogP contribution in [-0.2, 0) is 12.7 Å². The van der Waals surface area contributed by atoms with E-state index in [-0.39, 0.29) is 6.54 Å². The van der Waals surface area contributed by atoms with Gasteiger partial charge in [0.05, 0.1) is 11.1 Å². The van der Waals surface area contributed by atoms with E-state index >= 15 is 0 Å². The van der Waals surface area contributed by atoms with Crippen LogP contribution in [0.1, 0.15) is 27.0 Å². The van der Waals surface area contributed by atoms with Gasteiger partial charge in [-0.15, -0.1) is 0 Å². The van der Waals surface area contributed by atoms with Gasteiger partial charge in [-0.25, -0.2) is 0 Å². The molecule has 0 saturated heterocycles. The smallest absolute Gasteiger partial charge is 0.366 e. The maximum Gasteiger partial charge on any atom is 0.416 e. The number of amides is 1. The lowest BCUT2D eigenvalue weighted by Crippen LogP contribution is -2.11. The van der Waals surface area contributed by atoms with Gasteiger partial charge in [-0.05, 0) is 48.4 Å². The maximum absolute atomic E-state index is 13.1. The van der Waals surface area contributed by atoms with E-state index in [1.54, 1.807) is 18.2 Å². The van der Waals surface area contributed by atoms with Crippen molar-refractivity contribution in [2.45, 2.75) is 19.6 Å². The monoisotopic (exact) mass is 382 g/mol. The summed E-state index contributed by atoms with van der Waals surface area (Å²) >= 11 is 0. The van der Waals surface area contributed by atoms with E-state index in [2.05, 4.69) is 0 Å². The first-order valence-electron chi connectivity index (χ1n) is 8.73. The Hall–Kier alpha value is -3.28. The summed E-state index contributed by atoms with van der Waals surface area (Å²) in [6.45, 7) is 2.19. The van der Waals surface area contributed by atoms with Gasteiger partial charge in [0.1, 0.15) is 0 Å². The van der Waals surface area contributed by atoms with Gasteiger partial charge in [0.2, 0.25) is 5.91 Å². The first-order chi connectivity index (χ1) is 13.3. The molecular weight excluding hydrogens is 365 g/mol. The third-order valence-electron chi connectivity index (χ3n) is 4.91. The number of rotatable bonds is 3. The summed E-state index contributed by atoms with van der Waals surface area (Å²) in [6, 6.07) is 16.4. The number of nitrogens with zero attached hydrogens (tertiary/aromatic N) is 1. The van der Waals surface area contributed by atoms with E-state index in [0.717, 1.165) is 39.5 Å². The minimum absolute atomic E-state index is 0.246. The second-order valence-corrected chi connectivity index (χ2v) is 6.87. The number of aromatic nitrogens is 1. The van der Waals surface area contributed by atoms with Crippen LogP contribution < -0.4 is 5.73 Å². The molecule has 0 bridgehead atoms. The van der Waals surface area contributed by atoms with E-state index in [4.69, 9.17) is 5.73 Å². The maximum atomic E-state index is 13.1. The fourth-order valence-corrected chi connectivity index (χ4v) is 3.66. The number of aryl methyl sites for hydroxylation is 1. The Kier molecular flexibility index (Phi) is 4.14. The van der Waals surface area contributed by atoms with E-state index < -0.39 is 17.6 Å². The van der Waals surface area contributed by atoms with Crippen LogP contribution in [0, 0.1) is 6.92 Å². The molecule has 142 valence electrons. The third kappa shape index (κ3) is 3.01. The van der Waals surface area contributed by atoms with Crippen LogP contribution in [0.5, 0.6) is 0 Å². The van der Waals surface area contributed by atoms with Crippen molar-refractivity contribution in [2.75, 3.05) is 0 Å². The van der Waals surface area contributed by atoms with Crippen LogP contribution in [0.2, 0.25) is 0 Å². The van der Waals surface area contributed by atoms with Crippen LogP contribution in [0.4, 0.5) is 13.2 Å². The van der Waals surface area contributed by atoms with E-state index in [1.165, 1.54) is 6.07 Å². The molecule has 0 aliphatic rings. The molecule has 1 amide bonds. The fraction of sp³-hybridized carbons (Fsp3) is 0.136. The quantitative estimate of drug-likeness (QED) is 0.516. The van der Waals surface area contributed by atoms with Gasteiger partial charge >= 0.3 is 6.18 Å². The van der Waals surface area contributed by atoms with Crippen molar-refractivity contribution in [3.05, 3.63) is 82.9 Å².